The normalized spacial score (nSPS) is 17.9. The highest BCUT2D eigenvalue weighted by molar-refractivity contribution is 6.01. The van der Waals surface area contributed by atoms with Gasteiger partial charge in [0.15, 0.2) is 23.6 Å². The van der Waals surface area contributed by atoms with E-state index in [1.807, 2.05) is 0 Å². The first kappa shape index (κ1) is 23.4. The number of piperidine rings is 1. The van der Waals surface area contributed by atoms with Crippen LogP contribution in [0.3, 0.4) is 0 Å². The Morgan fingerprint density at radius 3 is 2.47 bits per heavy atom. The first-order valence-corrected chi connectivity index (χ1v) is 10.6. The number of esters is 1. The molecule has 0 spiro atoms. The van der Waals surface area contributed by atoms with Gasteiger partial charge in [0.2, 0.25) is 5.91 Å². The molecule has 8 nitrogen and oxygen atoms in total. The number of anilines is 3. The number of nitrogens with zero attached hydrogens (tertiary/aromatic N) is 1. The fourth-order valence-electron chi connectivity index (χ4n) is 3.97. The second-order valence-corrected chi connectivity index (χ2v) is 8.06. The molecule has 1 fully saturated rings. The summed E-state index contributed by atoms with van der Waals surface area (Å²) in [6.45, 7) is 0.747. The van der Waals surface area contributed by atoms with Crippen molar-refractivity contribution in [1.29, 1.82) is 0 Å². The van der Waals surface area contributed by atoms with Crippen LogP contribution in [0.1, 0.15) is 19.3 Å². The Morgan fingerprint density at radius 2 is 1.82 bits per heavy atom. The summed E-state index contributed by atoms with van der Waals surface area (Å²) in [6.07, 6.45) is -0.358. The molecule has 2 aromatic carbocycles. The van der Waals surface area contributed by atoms with Gasteiger partial charge in [-0.2, -0.15) is 0 Å². The molecule has 0 aromatic heterocycles. The van der Waals surface area contributed by atoms with Crippen molar-refractivity contribution < 1.29 is 37.0 Å². The number of benzene rings is 2. The van der Waals surface area contributed by atoms with Gasteiger partial charge in [0.1, 0.15) is 5.75 Å². The summed E-state index contributed by atoms with van der Waals surface area (Å²) in [5.74, 6) is -5.30. The molecule has 0 aliphatic carbocycles. The maximum Gasteiger partial charge on any atom is 0.309 e. The highest BCUT2D eigenvalue weighted by atomic mass is 19.2. The van der Waals surface area contributed by atoms with Crippen LogP contribution in [-0.4, -0.2) is 44.1 Å². The molecule has 0 bridgehead atoms. The molecule has 2 aliphatic heterocycles. The van der Waals surface area contributed by atoms with Crippen LogP contribution in [-0.2, 0) is 19.1 Å². The number of methoxy groups -OCH3 is 1. The largest absolute Gasteiger partial charge is 0.478 e. The first-order chi connectivity index (χ1) is 16.2. The van der Waals surface area contributed by atoms with Crippen molar-refractivity contribution in [3.8, 4) is 5.75 Å². The van der Waals surface area contributed by atoms with Crippen molar-refractivity contribution in [2.75, 3.05) is 35.7 Å². The van der Waals surface area contributed by atoms with Gasteiger partial charge in [0.05, 0.1) is 19.2 Å². The average Bonchev–Trinajstić information content (AvgIpc) is 2.82. The monoisotopic (exact) mass is 477 g/mol. The summed E-state index contributed by atoms with van der Waals surface area (Å²) in [5, 5.41) is 5.45. The lowest BCUT2D eigenvalue weighted by Crippen LogP contribution is -2.39. The Kier molecular flexibility index (Phi) is 6.62. The number of hydrogen-bond acceptors (Lipinski definition) is 6. The predicted molar refractivity (Wildman–Crippen MR) is 116 cm³/mol. The Morgan fingerprint density at radius 1 is 1.15 bits per heavy atom. The van der Waals surface area contributed by atoms with Crippen LogP contribution in [0.4, 0.5) is 30.2 Å². The smallest absolute Gasteiger partial charge is 0.309 e. The molecule has 34 heavy (non-hydrogen) atoms. The lowest BCUT2D eigenvalue weighted by Gasteiger charge is -2.33. The van der Waals surface area contributed by atoms with E-state index in [0.29, 0.717) is 43.1 Å². The number of carbonyl (C=O) groups is 3. The standard InChI is InChI=1S/C23H22F3N3O5/c1-33-20(30)11-19-23(32)28-17-8-13(2-3-18(17)34-19)27-22(31)12-4-6-29(7-5-12)14-9-15(24)21(26)16(25)10-14/h2-3,8-10,12,19H,4-7,11H2,1H3,(H,27,31)(H,28,32). The van der Waals surface area contributed by atoms with Crippen molar-refractivity contribution in [1.82, 2.24) is 0 Å². The maximum atomic E-state index is 13.5. The minimum atomic E-state index is -1.51. The van der Waals surface area contributed by atoms with Gasteiger partial charge < -0.3 is 25.0 Å². The molecule has 0 radical (unpaired) electrons. The quantitative estimate of drug-likeness (QED) is 0.507. The van der Waals surface area contributed by atoms with Gasteiger partial charge in [-0.3, -0.25) is 14.4 Å². The van der Waals surface area contributed by atoms with Gasteiger partial charge in [0, 0.05) is 42.5 Å². The summed E-state index contributed by atoms with van der Waals surface area (Å²) in [7, 11) is 1.22. The van der Waals surface area contributed by atoms with Crippen molar-refractivity contribution in [2.45, 2.75) is 25.4 Å². The lowest BCUT2D eigenvalue weighted by molar-refractivity contribution is -0.145. The SMILES string of the molecule is COC(=O)CC1Oc2ccc(NC(=O)C3CCN(c4cc(F)c(F)c(F)c4)CC3)cc2NC1=O. The fraction of sp³-hybridized carbons (Fsp3) is 0.348. The zero-order valence-corrected chi connectivity index (χ0v) is 18.2. The van der Waals surface area contributed by atoms with Crippen LogP contribution in [0, 0.1) is 23.4 Å². The van der Waals surface area contributed by atoms with Crippen molar-refractivity contribution in [3.05, 3.63) is 47.8 Å². The molecule has 2 N–H and O–H groups in total. The Hall–Kier alpha value is -3.76. The average molecular weight is 477 g/mol. The Balaban J connectivity index is 1.35. The fourth-order valence-corrected chi connectivity index (χ4v) is 3.97. The topological polar surface area (TPSA) is 97.0 Å². The van der Waals surface area contributed by atoms with Crippen LogP contribution < -0.4 is 20.3 Å². The number of rotatable bonds is 5. The first-order valence-electron chi connectivity index (χ1n) is 10.6. The Labute approximate surface area is 193 Å². The number of halogens is 3. The third-order valence-electron chi connectivity index (χ3n) is 5.85. The molecular weight excluding hydrogens is 455 g/mol. The number of hydrogen-bond donors (Lipinski definition) is 2. The maximum absolute atomic E-state index is 13.5. The molecule has 1 atom stereocenters. The highest BCUT2D eigenvalue weighted by Crippen LogP contribution is 2.33. The molecule has 2 amide bonds. The van der Waals surface area contributed by atoms with Gasteiger partial charge in [0.25, 0.3) is 5.91 Å². The van der Waals surface area contributed by atoms with Gasteiger partial charge in [-0.25, -0.2) is 13.2 Å². The number of ether oxygens (including phenoxy) is 2. The molecule has 1 unspecified atom stereocenters. The summed E-state index contributed by atoms with van der Waals surface area (Å²) < 4.78 is 50.4. The second-order valence-electron chi connectivity index (χ2n) is 8.06. The van der Waals surface area contributed by atoms with E-state index in [1.165, 1.54) is 7.11 Å². The van der Waals surface area contributed by atoms with E-state index in [2.05, 4.69) is 15.4 Å². The van der Waals surface area contributed by atoms with Crippen molar-refractivity contribution in [3.63, 3.8) is 0 Å². The van der Waals surface area contributed by atoms with Crippen LogP contribution in [0.5, 0.6) is 5.75 Å². The predicted octanol–water partition coefficient (Wildman–Crippen LogP) is 3.22. The summed E-state index contributed by atoms with van der Waals surface area (Å²) in [6, 6.07) is 6.63. The molecular formula is C23H22F3N3O5. The van der Waals surface area contributed by atoms with Crippen LogP contribution in [0.25, 0.3) is 0 Å². The van der Waals surface area contributed by atoms with E-state index >= 15 is 0 Å². The third-order valence-corrected chi connectivity index (χ3v) is 5.85. The van der Waals surface area contributed by atoms with E-state index < -0.39 is 35.4 Å². The summed E-state index contributed by atoms with van der Waals surface area (Å²) >= 11 is 0. The number of carbonyl (C=O) groups excluding carboxylic acids is 3. The van der Waals surface area contributed by atoms with E-state index in [9.17, 15) is 27.6 Å². The lowest BCUT2D eigenvalue weighted by atomic mass is 9.95. The molecule has 2 aliphatic rings. The number of nitrogens with one attached hydrogen (secondary N) is 2. The minimum absolute atomic E-state index is 0.226. The molecule has 2 heterocycles. The molecule has 2 aromatic rings. The van der Waals surface area contributed by atoms with E-state index in [-0.39, 0.29) is 23.9 Å². The molecule has 180 valence electrons. The van der Waals surface area contributed by atoms with Crippen LogP contribution in [0.15, 0.2) is 30.3 Å². The van der Waals surface area contributed by atoms with Gasteiger partial charge in [-0.1, -0.05) is 0 Å². The molecule has 11 heteroatoms. The minimum Gasteiger partial charge on any atom is -0.478 e. The zero-order chi connectivity index (χ0) is 24.4. The van der Waals surface area contributed by atoms with Gasteiger partial charge >= 0.3 is 5.97 Å². The highest BCUT2D eigenvalue weighted by Gasteiger charge is 2.31. The van der Waals surface area contributed by atoms with Crippen molar-refractivity contribution in [2.24, 2.45) is 5.92 Å². The second kappa shape index (κ2) is 9.62. The Bertz CT molecular complexity index is 1110. The van der Waals surface area contributed by atoms with E-state index in [1.54, 1.807) is 23.1 Å². The zero-order valence-electron chi connectivity index (χ0n) is 18.2. The van der Waals surface area contributed by atoms with Gasteiger partial charge in [-0.15, -0.1) is 0 Å². The molecule has 1 saturated heterocycles. The number of fused-ring (bicyclic) bond motifs is 1. The molecule has 4 rings (SSSR count). The summed E-state index contributed by atoms with van der Waals surface area (Å²) in [4.78, 5) is 38.1. The van der Waals surface area contributed by atoms with E-state index in [4.69, 9.17) is 4.74 Å². The van der Waals surface area contributed by atoms with Gasteiger partial charge in [-0.05, 0) is 31.0 Å². The van der Waals surface area contributed by atoms with Crippen LogP contribution >= 0.6 is 0 Å². The van der Waals surface area contributed by atoms with E-state index in [0.717, 1.165) is 12.1 Å². The van der Waals surface area contributed by atoms with Crippen LogP contribution in [0.2, 0.25) is 0 Å². The molecule has 0 saturated carbocycles. The third kappa shape index (κ3) is 4.92. The number of amides is 2. The van der Waals surface area contributed by atoms with Crippen molar-refractivity contribution >= 4 is 34.8 Å². The summed E-state index contributed by atoms with van der Waals surface area (Å²) in [5.41, 5.74) is 1.04.